The molecular weight excluding hydrogens is 404 g/mol. The molecule has 2 aromatic heterocycles. The molecule has 1 unspecified atom stereocenters. The zero-order valence-electron chi connectivity index (χ0n) is 18.7. The predicted octanol–water partition coefficient (Wildman–Crippen LogP) is 2.90. The fourth-order valence-corrected chi connectivity index (χ4v) is 4.80. The van der Waals surface area contributed by atoms with Crippen LogP contribution in [0.1, 0.15) is 44.5 Å². The summed E-state index contributed by atoms with van der Waals surface area (Å²) in [7, 11) is 0. The summed E-state index contributed by atoms with van der Waals surface area (Å²) < 4.78 is 0. The topological polar surface area (TPSA) is 95.3 Å². The largest absolute Gasteiger partial charge is 0.393 e. The van der Waals surface area contributed by atoms with Crippen LogP contribution in [0.15, 0.2) is 42.6 Å². The Kier molecular flexibility index (Phi) is 5.04. The van der Waals surface area contributed by atoms with E-state index in [2.05, 4.69) is 32.0 Å². The molecule has 166 valence electrons. The number of nitrogens with zero attached hydrogens (tertiary/aromatic N) is 6. The molecular formula is C24H28N6O2. The summed E-state index contributed by atoms with van der Waals surface area (Å²) in [4.78, 5) is 35.3. The molecule has 1 aliphatic carbocycles. The number of anilines is 2. The Hall–Kier alpha value is -3.13. The third kappa shape index (κ3) is 3.48. The molecule has 0 bridgehead atoms. The van der Waals surface area contributed by atoms with E-state index in [9.17, 15) is 9.90 Å². The number of fused-ring (bicyclic) bond motifs is 1. The van der Waals surface area contributed by atoms with Crippen molar-refractivity contribution >= 4 is 23.1 Å². The molecule has 8 heteroatoms. The van der Waals surface area contributed by atoms with Gasteiger partial charge in [0.1, 0.15) is 11.6 Å². The first-order valence-corrected chi connectivity index (χ1v) is 11.1. The number of aliphatic hydroxyl groups is 1. The van der Waals surface area contributed by atoms with Gasteiger partial charge >= 0.3 is 0 Å². The summed E-state index contributed by atoms with van der Waals surface area (Å²) in [6, 6.07) is 0. The zero-order valence-corrected chi connectivity index (χ0v) is 18.7. The van der Waals surface area contributed by atoms with Crippen LogP contribution in [0.25, 0.3) is 5.57 Å². The number of aromatic nitrogens is 4. The van der Waals surface area contributed by atoms with Crippen molar-refractivity contribution < 1.29 is 9.90 Å². The first kappa shape index (κ1) is 20.8. The molecule has 1 N–H and O–H groups in total. The zero-order chi connectivity index (χ0) is 22.5. The van der Waals surface area contributed by atoms with Crippen LogP contribution in [0.5, 0.6) is 0 Å². The van der Waals surface area contributed by atoms with Gasteiger partial charge in [0.15, 0.2) is 5.82 Å². The molecule has 4 heterocycles. The summed E-state index contributed by atoms with van der Waals surface area (Å²) in [6.45, 7) is 7.33. The minimum atomic E-state index is -0.537. The predicted molar refractivity (Wildman–Crippen MR) is 122 cm³/mol. The number of hydrogen-bond acceptors (Lipinski definition) is 7. The average Bonchev–Trinajstić information content (AvgIpc) is 3.00. The van der Waals surface area contributed by atoms with Crippen molar-refractivity contribution in [2.45, 2.75) is 46.1 Å². The lowest BCUT2D eigenvalue weighted by Gasteiger charge is -2.31. The fourth-order valence-electron chi connectivity index (χ4n) is 4.80. The maximum absolute atomic E-state index is 13.5. The lowest BCUT2D eigenvalue weighted by molar-refractivity contribution is -0.125. The number of carbonyl (C=O) groups is 1. The molecule has 5 rings (SSSR count). The van der Waals surface area contributed by atoms with E-state index in [1.54, 1.807) is 17.3 Å². The molecule has 2 aliphatic heterocycles. The van der Waals surface area contributed by atoms with Crippen LogP contribution in [0, 0.1) is 18.3 Å². The highest BCUT2D eigenvalue weighted by molar-refractivity contribution is 6.04. The van der Waals surface area contributed by atoms with Crippen LogP contribution in [-0.4, -0.2) is 50.1 Å². The number of piperidine rings is 1. The standard InChI is InChI=1S/C24H28N6O2/c1-15-26-11-17(12-27-15)16-4-5-19-20(10-16)30(23(32)24(19,2)3)22-14-25-13-21(28-22)29-8-6-18(31)7-9-29/h4,10-14,18-19,31H,5-9H2,1-3H3. The Morgan fingerprint density at radius 1 is 1.06 bits per heavy atom. The molecule has 2 saturated heterocycles. The van der Waals surface area contributed by atoms with Crippen molar-refractivity contribution in [1.29, 1.82) is 0 Å². The number of rotatable bonds is 3. The minimum Gasteiger partial charge on any atom is -0.393 e. The summed E-state index contributed by atoms with van der Waals surface area (Å²) in [6.07, 6.45) is 13.2. The van der Waals surface area contributed by atoms with Gasteiger partial charge in [-0.3, -0.25) is 14.7 Å². The van der Waals surface area contributed by atoms with Gasteiger partial charge in [0.05, 0.1) is 23.9 Å². The molecule has 1 amide bonds. The minimum absolute atomic E-state index is 0.0315. The third-order valence-corrected chi connectivity index (χ3v) is 6.86. The van der Waals surface area contributed by atoms with E-state index < -0.39 is 5.41 Å². The molecule has 1 atom stereocenters. The number of aliphatic hydroxyl groups excluding tert-OH is 1. The average molecular weight is 433 g/mol. The fraction of sp³-hybridized carbons (Fsp3) is 0.458. The van der Waals surface area contributed by atoms with Crippen LogP contribution in [0.2, 0.25) is 0 Å². The maximum atomic E-state index is 13.5. The molecule has 0 radical (unpaired) electrons. The van der Waals surface area contributed by atoms with Gasteiger partial charge < -0.3 is 10.0 Å². The Morgan fingerprint density at radius 3 is 2.47 bits per heavy atom. The monoisotopic (exact) mass is 432 g/mol. The Bertz CT molecular complexity index is 1100. The van der Waals surface area contributed by atoms with Gasteiger partial charge in [-0.05, 0) is 37.8 Å². The number of carbonyl (C=O) groups excluding carboxylic acids is 1. The first-order valence-electron chi connectivity index (χ1n) is 11.1. The second kappa shape index (κ2) is 7.78. The second-order valence-corrected chi connectivity index (χ2v) is 9.35. The van der Waals surface area contributed by atoms with E-state index in [1.165, 1.54) is 0 Å². The molecule has 32 heavy (non-hydrogen) atoms. The lowest BCUT2D eigenvalue weighted by atomic mass is 9.75. The van der Waals surface area contributed by atoms with Crippen LogP contribution in [-0.2, 0) is 4.79 Å². The highest BCUT2D eigenvalue weighted by atomic mass is 16.3. The van der Waals surface area contributed by atoms with Crippen molar-refractivity contribution in [3.8, 4) is 0 Å². The van der Waals surface area contributed by atoms with Gasteiger partial charge in [0, 0.05) is 42.7 Å². The quantitative estimate of drug-likeness (QED) is 0.797. The molecule has 2 fully saturated rings. The summed E-state index contributed by atoms with van der Waals surface area (Å²) >= 11 is 0. The number of aryl methyl sites for hydroxylation is 1. The van der Waals surface area contributed by atoms with E-state index in [0.717, 1.165) is 48.0 Å². The van der Waals surface area contributed by atoms with Gasteiger partial charge in [-0.25, -0.2) is 15.0 Å². The van der Waals surface area contributed by atoms with Gasteiger partial charge in [-0.15, -0.1) is 0 Å². The smallest absolute Gasteiger partial charge is 0.238 e. The van der Waals surface area contributed by atoms with Crippen molar-refractivity contribution in [2.24, 2.45) is 11.3 Å². The Balaban J connectivity index is 1.51. The third-order valence-electron chi connectivity index (χ3n) is 6.86. The lowest BCUT2D eigenvalue weighted by Crippen LogP contribution is -2.37. The van der Waals surface area contributed by atoms with Crippen LogP contribution >= 0.6 is 0 Å². The Morgan fingerprint density at radius 2 is 1.75 bits per heavy atom. The van der Waals surface area contributed by atoms with E-state index in [1.807, 2.05) is 33.2 Å². The summed E-state index contributed by atoms with van der Waals surface area (Å²) in [5.74, 6) is 2.11. The van der Waals surface area contributed by atoms with Crippen molar-refractivity contribution in [2.75, 3.05) is 22.9 Å². The van der Waals surface area contributed by atoms with Crippen LogP contribution in [0.4, 0.5) is 11.6 Å². The molecule has 0 aromatic carbocycles. The Labute approximate surface area is 187 Å². The molecule has 2 aromatic rings. The van der Waals surface area contributed by atoms with Crippen LogP contribution < -0.4 is 9.80 Å². The van der Waals surface area contributed by atoms with E-state index >= 15 is 0 Å². The van der Waals surface area contributed by atoms with Gasteiger partial charge in [-0.2, -0.15) is 0 Å². The number of allylic oxidation sites excluding steroid dienone is 4. The highest BCUT2D eigenvalue weighted by Crippen LogP contribution is 2.50. The number of amides is 1. The van der Waals surface area contributed by atoms with Crippen molar-refractivity contribution in [3.63, 3.8) is 0 Å². The van der Waals surface area contributed by atoms with E-state index in [0.29, 0.717) is 18.7 Å². The molecule has 3 aliphatic rings. The highest BCUT2D eigenvalue weighted by Gasteiger charge is 2.52. The molecule has 0 saturated carbocycles. The van der Waals surface area contributed by atoms with Crippen LogP contribution in [0.3, 0.4) is 0 Å². The SMILES string of the molecule is Cc1ncc(C2=CCC3C(=C2)N(c2cncc(N4CCC(O)CC4)n2)C(=O)C3(C)C)cn1. The van der Waals surface area contributed by atoms with Crippen molar-refractivity contribution in [1.82, 2.24) is 19.9 Å². The summed E-state index contributed by atoms with van der Waals surface area (Å²) in [5.41, 5.74) is 2.36. The second-order valence-electron chi connectivity index (χ2n) is 9.35. The molecule has 8 nitrogen and oxygen atoms in total. The summed E-state index contributed by atoms with van der Waals surface area (Å²) in [5, 5.41) is 9.82. The van der Waals surface area contributed by atoms with Gasteiger partial charge in [0.2, 0.25) is 5.91 Å². The number of hydrogen-bond donors (Lipinski definition) is 1. The van der Waals surface area contributed by atoms with Gasteiger partial charge in [0.25, 0.3) is 0 Å². The van der Waals surface area contributed by atoms with E-state index in [-0.39, 0.29) is 17.9 Å². The van der Waals surface area contributed by atoms with Crippen molar-refractivity contribution in [3.05, 3.63) is 54.0 Å². The maximum Gasteiger partial charge on any atom is 0.238 e. The van der Waals surface area contributed by atoms with Gasteiger partial charge in [-0.1, -0.05) is 19.9 Å². The van der Waals surface area contributed by atoms with E-state index in [4.69, 9.17) is 4.98 Å². The first-order chi connectivity index (χ1) is 15.3. The molecule has 0 spiro atoms. The normalized spacial score (nSPS) is 23.1.